The van der Waals surface area contributed by atoms with Crippen LogP contribution < -0.4 is 10.6 Å². The van der Waals surface area contributed by atoms with Crippen LogP contribution in [0.5, 0.6) is 0 Å². The standard InChI is InChI=1S/C9H20N2O3S/c1-4-15(13,14)7-5-6-11-8(2)9(12)10-3/h8,11H,4-7H2,1-3H3,(H,10,12). The van der Waals surface area contributed by atoms with Gasteiger partial charge in [-0.15, -0.1) is 0 Å². The highest BCUT2D eigenvalue weighted by molar-refractivity contribution is 7.91. The molecule has 0 spiro atoms. The molecule has 1 atom stereocenters. The van der Waals surface area contributed by atoms with Gasteiger partial charge in [0.2, 0.25) is 5.91 Å². The molecule has 2 N–H and O–H groups in total. The molecule has 6 heteroatoms. The van der Waals surface area contributed by atoms with Gasteiger partial charge < -0.3 is 10.6 Å². The molecule has 0 heterocycles. The number of hydrogen-bond acceptors (Lipinski definition) is 4. The van der Waals surface area contributed by atoms with Crippen LogP contribution in [0.25, 0.3) is 0 Å². The van der Waals surface area contributed by atoms with E-state index < -0.39 is 9.84 Å². The second-order valence-corrected chi connectivity index (χ2v) is 5.85. The fraction of sp³-hybridized carbons (Fsp3) is 0.889. The van der Waals surface area contributed by atoms with Gasteiger partial charge in [-0.25, -0.2) is 8.42 Å². The number of nitrogens with one attached hydrogen (secondary N) is 2. The molecule has 0 bridgehead atoms. The maximum atomic E-state index is 11.1. The van der Waals surface area contributed by atoms with E-state index in [1.165, 1.54) is 0 Å². The normalized spacial score (nSPS) is 13.5. The van der Waals surface area contributed by atoms with Crippen LogP contribution in [-0.2, 0) is 14.6 Å². The second kappa shape index (κ2) is 6.79. The molecule has 0 aliphatic heterocycles. The average Bonchev–Trinajstić information content (AvgIpc) is 2.22. The Bertz CT molecular complexity index is 288. The van der Waals surface area contributed by atoms with E-state index in [4.69, 9.17) is 0 Å². The molecule has 0 aromatic carbocycles. The Morgan fingerprint density at radius 1 is 1.40 bits per heavy atom. The predicted molar refractivity (Wildman–Crippen MR) is 60.5 cm³/mol. The van der Waals surface area contributed by atoms with Crippen LogP contribution in [0.1, 0.15) is 20.3 Å². The lowest BCUT2D eigenvalue weighted by Crippen LogP contribution is -2.41. The van der Waals surface area contributed by atoms with Crippen molar-refractivity contribution in [3.63, 3.8) is 0 Å². The van der Waals surface area contributed by atoms with E-state index in [0.29, 0.717) is 13.0 Å². The molecule has 0 aliphatic carbocycles. The summed E-state index contributed by atoms with van der Waals surface area (Å²) in [7, 11) is -1.31. The number of hydrogen-bond donors (Lipinski definition) is 2. The van der Waals surface area contributed by atoms with E-state index in [0.717, 1.165) is 0 Å². The SMILES string of the molecule is CCS(=O)(=O)CCCNC(C)C(=O)NC. The second-order valence-electron chi connectivity index (χ2n) is 3.38. The third-order valence-electron chi connectivity index (χ3n) is 2.16. The van der Waals surface area contributed by atoms with Gasteiger partial charge in [-0.2, -0.15) is 0 Å². The molecule has 0 fully saturated rings. The molecule has 5 nitrogen and oxygen atoms in total. The van der Waals surface area contributed by atoms with Crippen LogP contribution in [0.2, 0.25) is 0 Å². The van der Waals surface area contributed by atoms with Crippen molar-refractivity contribution in [2.24, 2.45) is 0 Å². The zero-order valence-electron chi connectivity index (χ0n) is 9.54. The minimum atomic E-state index is -2.88. The highest BCUT2D eigenvalue weighted by Crippen LogP contribution is 1.92. The first-order chi connectivity index (χ1) is 6.93. The Morgan fingerprint density at radius 2 is 2.00 bits per heavy atom. The lowest BCUT2D eigenvalue weighted by Gasteiger charge is -2.11. The zero-order chi connectivity index (χ0) is 11.9. The van der Waals surface area contributed by atoms with Crippen LogP contribution in [0.3, 0.4) is 0 Å². The fourth-order valence-electron chi connectivity index (χ4n) is 1.06. The molecule has 0 rings (SSSR count). The molecule has 15 heavy (non-hydrogen) atoms. The Labute approximate surface area is 91.5 Å². The van der Waals surface area contributed by atoms with Gasteiger partial charge in [0.15, 0.2) is 0 Å². The molecule has 0 aliphatic rings. The maximum Gasteiger partial charge on any atom is 0.236 e. The van der Waals surface area contributed by atoms with Gasteiger partial charge >= 0.3 is 0 Å². The lowest BCUT2D eigenvalue weighted by atomic mass is 10.3. The number of rotatable bonds is 7. The summed E-state index contributed by atoms with van der Waals surface area (Å²) in [6.07, 6.45) is 0.539. The van der Waals surface area contributed by atoms with Gasteiger partial charge in [0, 0.05) is 12.8 Å². The summed E-state index contributed by atoms with van der Waals surface area (Å²) in [5.74, 6) is 0.267. The summed E-state index contributed by atoms with van der Waals surface area (Å²) in [4.78, 5) is 11.1. The summed E-state index contributed by atoms with van der Waals surface area (Å²) in [6.45, 7) is 3.91. The molecule has 0 saturated heterocycles. The van der Waals surface area contributed by atoms with E-state index in [9.17, 15) is 13.2 Å². The van der Waals surface area contributed by atoms with Gasteiger partial charge in [-0.1, -0.05) is 6.92 Å². The number of amides is 1. The van der Waals surface area contributed by atoms with E-state index in [-0.39, 0.29) is 23.5 Å². The first-order valence-corrected chi connectivity index (χ1v) is 6.90. The van der Waals surface area contributed by atoms with Crippen LogP contribution in [0.15, 0.2) is 0 Å². The summed E-state index contributed by atoms with van der Waals surface area (Å²) >= 11 is 0. The van der Waals surface area contributed by atoms with Crippen molar-refractivity contribution in [2.45, 2.75) is 26.3 Å². The van der Waals surface area contributed by atoms with Crippen molar-refractivity contribution >= 4 is 15.7 Å². The summed E-state index contributed by atoms with van der Waals surface area (Å²) < 4.78 is 22.3. The molecule has 1 unspecified atom stereocenters. The molecular weight excluding hydrogens is 216 g/mol. The highest BCUT2D eigenvalue weighted by Gasteiger charge is 2.10. The molecule has 90 valence electrons. The first-order valence-electron chi connectivity index (χ1n) is 5.08. The highest BCUT2D eigenvalue weighted by atomic mass is 32.2. The lowest BCUT2D eigenvalue weighted by molar-refractivity contribution is -0.122. The van der Waals surface area contributed by atoms with Crippen LogP contribution >= 0.6 is 0 Å². The third-order valence-corrected chi connectivity index (χ3v) is 3.95. The minimum absolute atomic E-state index is 0.0895. The summed E-state index contributed by atoms with van der Waals surface area (Å²) in [5.41, 5.74) is 0. The van der Waals surface area contributed by atoms with Crippen molar-refractivity contribution < 1.29 is 13.2 Å². The van der Waals surface area contributed by atoms with Gasteiger partial charge in [0.25, 0.3) is 0 Å². The summed E-state index contributed by atoms with van der Waals surface area (Å²) in [6, 6.07) is -0.278. The number of sulfone groups is 1. The number of carbonyl (C=O) groups is 1. The molecule has 0 saturated carbocycles. The van der Waals surface area contributed by atoms with Gasteiger partial charge in [-0.05, 0) is 19.9 Å². The van der Waals surface area contributed by atoms with E-state index in [2.05, 4.69) is 10.6 Å². The Kier molecular flexibility index (Phi) is 6.51. The first kappa shape index (κ1) is 14.4. The number of likely N-dealkylation sites (N-methyl/N-ethyl adjacent to an activating group) is 1. The Hall–Kier alpha value is -0.620. The van der Waals surface area contributed by atoms with Gasteiger partial charge in [-0.3, -0.25) is 4.79 Å². The number of carbonyl (C=O) groups excluding carboxylic acids is 1. The Balaban J connectivity index is 3.68. The van der Waals surface area contributed by atoms with Crippen molar-refractivity contribution in [1.29, 1.82) is 0 Å². The van der Waals surface area contributed by atoms with Gasteiger partial charge in [0.05, 0.1) is 11.8 Å². The van der Waals surface area contributed by atoms with E-state index in [1.807, 2.05) is 0 Å². The van der Waals surface area contributed by atoms with Crippen molar-refractivity contribution in [1.82, 2.24) is 10.6 Å². The van der Waals surface area contributed by atoms with Crippen molar-refractivity contribution in [3.05, 3.63) is 0 Å². The quantitative estimate of drug-likeness (QED) is 0.586. The van der Waals surface area contributed by atoms with Crippen LogP contribution in [0, 0.1) is 0 Å². The summed E-state index contributed by atoms with van der Waals surface area (Å²) in [5, 5.41) is 5.47. The van der Waals surface area contributed by atoms with Crippen molar-refractivity contribution in [2.75, 3.05) is 25.1 Å². The largest absolute Gasteiger partial charge is 0.358 e. The molecular formula is C9H20N2O3S. The van der Waals surface area contributed by atoms with E-state index >= 15 is 0 Å². The zero-order valence-corrected chi connectivity index (χ0v) is 10.4. The molecule has 1 amide bonds. The van der Waals surface area contributed by atoms with Crippen LogP contribution in [-0.4, -0.2) is 45.5 Å². The minimum Gasteiger partial charge on any atom is -0.358 e. The van der Waals surface area contributed by atoms with Crippen molar-refractivity contribution in [3.8, 4) is 0 Å². The topological polar surface area (TPSA) is 75.3 Å². The fourth-order valence-corrected chi connectivity index (χ4v) is 1.94. The van der Waals surface area contributed by atoms with Crippen LogP contribution in [0.4, 0.5) is 0 Å². The van der Waals surface area contributed by atoms with Gasteiger partial charge in [0.1, 0.15) is 9.84 Å². The molecule has 0 radical (unpaired) electrons. The predicted octanol–water partition coefficient (Wildman–Crippen LogP) is -0.465. The molecule has 0 aromatic rings. The average molecular weight is 236 g/mol. The Morgan fingerprint density at radius 3 is 2.47 bits per heavy atom. The van der Waals surface area contributed by atoms with E-state index in [1.54, 1.807) is 20.9 Å². The monoisotopic (exact) mass is 236 g/mol. The molecule has 0 aromatic heterocycles. The smallest absolute Gasteiger partial charge is 0.236 e. The third kappa shape index (κ3) is 6.46. The maximum absolute atomic E-state index is 11.1.